The topological polar surface area (TPSA) is 61.2 Å². The van der Waals surface area contributed by atoms with Crippen molar-refractivity contribution in [3.05, 3.63) is 28.2 Å². The first-order chi connectivity index (χ1) is 7.63. The van der Waals surface area contributed by atoms with Crippen molar-refractivity contribution < 1.29 is 9.59 Å². The van der Waals surface area contributed by atoms with Crippen molar-refractivity contribution in [1.82, 2.24) is 0 Å². The van der Waals surface area contributed by atoms with Crippen LogP contribution in [0.15, 0.2) is 22.7 Å². The third-order valence-electron chi connectivity index (χ3n) is 2.37. The lowest BCUT2D eigenvalue weighted by Crippen LogP contribution is -2.25. The molecule has 1 aliphatic rings. The van der Waals surface area contributed by atoms with Crippen LogP contribution in [0.3, 0.4) is 0 Å². The summed E-state index contributed by atoms with van der Waals surface area (Å²) in [5, 5.41) is 8.85. The molecule has 0 N–H and O–H groups in total. The molecule has 0 atom stereocenters. The molecule has 0 radical (unpaired) electrons. The molecule has 1 aromatic carbocycles. The lowest BCUT2D eigenvalue weighted by Gasteiger charge is -2.16. The highest BCUT2D eigenvalue weighted by Gasteiger charge is 2.30. The van der Waals surface area contributed by atoms with Gasteiger partial charge in [0.1, 0.15) is 6.07 Å². The summed E-state index contributed by atoms with van der Waals surface area (Å²) in [7, 11) is 0. The van der Waals surface area contributed by atoms with Gasteiger partial charge in [0.2, 0.25) is 5.91 Å². The summed E-state index contributed by atoms with van der Waals surface area (Å²) < 4.78 is 0.556. The van der Waals surface area contributed by atoms with Crippen molar-refractivity contribution in [2.45, 2.75) is 6.42 Å². The predicted molar refractivity (Wildman–Crippen MR) is 60.8 cm³/mol. The summed E-state index contributed by atoms with van der Waals surface area (Å²) >= 11 is 3.27. The van der Waals surface area contributed by atoms with Crippen molar-refractivity contribution in [1.29, 1.82) is 5.26 Å². The standard InChI is InChI=1S/C11H7BrN2O2/c12-11-7(5-13)2-1-3-9(11)14-6-8(15)4-10(14)16/h1-3H,4,6H2. The minimum atomic E-state index is -0.221. The molecule has 2 rings (SSSR count). The number of benzene rings is 1. The van der Waals surface area contributed by atoms with Crippen LogP contribution < -0.4 is 4.90 Å². The van der Waals surface area contributed by atoms with Crippen LogP contribution in [0.4, 0.5) is 5.69 Å². The maximum Gasteiger partial charge on any atom is 0.234 e. The number of Topliss-reactive ketones (excluding diaryl/α,β-unsaturated/α-hetero) is 1. The number of carbonyl (C=O) groups excluding carboxylic acids is 2. The van der Waals surface area contributed by atoms with Crippen LogP contribution in [-0.2, 0) is 9.59 Å². The average molecular weight is 279 g/mol. The van der Waals surface area contributed by atoms with E-state index in [0.29, 0.717) is 15.7 Å². The van der Waals surface area contributed by atoms with Gasteiger partial charge in [0, 0.05) is 0 Å². The molecule has 1 saturated heterocycles. The van der Waals surface area contributed by atoms with Gasteiger partial charge in [-0.3, -0.25) is 9.59 Å². The zero-order chi connectivity index (χ0) is 11.7. The van der Waals surface area contributed by atoms with Gasteiger partial charge in [-0.1, -0.05) is 6.07 Å². The van der Waals surface area contributed by atoms with Gasteiger partial charge in [0.15, 0.2) is 5.78 Å². The summed E-state index contributed by atoms with van der Waals surface area (Å²) in [5.74, 6) is -0.319. The summed E-state index contributed by atoms with van der Waals surface area (Å²) in [6.45, 7) is 0.0896. The van der Waals surface area contributed by atoms with Gasteiger partial charge in [-0.15, -0.1) is 0 Å². The highest BCUT2D eigenvalue weighted by Crippen LogP contribution is 2.31. The van der Waals surface area contributed by atoms with Gasteiger partial charge in [-0.25, -0.2) is 0 Å². The number of nitrogens with zero attached hydrogens (tertiary/aromatic N) is 2. The van der Waals surface area contributed by atoms with Crippen LogP contribution in [0.25, 0.3) is 0 Å². The van der Waals surface area contributed by atoms with E-state index in [1.807, 2.05) is 6.07 Å². The number of amides is 1. The molecule has 0 aromatic heterocycles. The molecular weight excluding hydrogens is 272 g/mol. The van der Waals surface area contributed by atoms with E-state index in [1.54, 1.807) is 18.2 Å². The van der Waals surface area contributed by atoms with Crippen LogP contribution >= 0.6 is 15.9 Å². The molecule has 0 bridgehead atoms. The highest BCUT2D eigenvalue weighted by molar-refractivity contribution is 9.10. The molecule has 0 saturated carbocycles. The van der Waals surface area contributed by atoms with E-state index in [4.69, 9.17) is 5.26 Å². The Labute approximate surface area is 101 Å². The van der Waals surface area contributed by atoms with Gasteiger partial charge in [0.25, 0.3) is 0 Å². The van der Waals surface area contributed by atoms with E-state index in [1.165, 1.54) is 4.90 Å². The van der Waals surface area contributed by atoms with Gasteiger partial charge in [-0.05, 0) is 28.1 Å². The molecule has 1 heterocycles. The van der Waals surface area contributed by atoms with Gasteiger partial charge in [0.05, 0.1) is 28.7 Å². The predicted octanol–water partition coefficient (Wildman–Crippen LogP) is 1.63. The zero-order valence-electron chi connectivity index (χ0n) is 8.24. The third-order valence-corrected chi connectivity index (χ3v) is 3.21. The number of anilines is 1. The van der Waals surface area contributed by atoms with Crippen LogP contribution in [0.1, 0.15) is 12.0 Å². The van der Waals surface area contributed by atoms with Crippen LogP contribution in [0, 0.1) is 11.3 Å². The lowest BCUT2D eigenvalue weighted by atomic mass is 10.2. The smallest absolute Gasteiger partial charge is 0.234 e. The molecule has 0 unspecified atom stereocenters. The van der Waals surface area contributed by atoms with Crippen molar-refractivity contribution >= 4 is 33.3 Å². The second kappa shape index (κ2) is 4.06. The normalized spacial score (nSPS) is 15.4. The number of nitriles is 1. The number of hydrogen-bond donors (Lipinski definition) is 0. The van der Waals surface area contributed by atoms with E-state index >= 15 is 0 Å². The largest absolute Gasteiger partial charge is 0.303 e. The molecule has 0 aliphatic carbocycles. The second-order valence-corrected chi connectivity index (χ2v) is 4.24. The van der Waals surface area contributed by atoms with E-state index in [2.05, 4.69) is 15.9 Å². The van der Waals surface area contributed by atoms with E-state index in [9.17, 15) is 9.59 Å². The highest BCUT2D eigenvalue weighted by atomic mass is 79.9. The number of halogens is 1. The molecule has 1 aliphatic heterocycles. The molecule has 0 spiro atoms. The Morgan fingerprint density at radius 2 is 2.12 bits per heavy atom. The lowest BCUT2D eigenvalue weighted by molar-refractivity contribution is -0.121. The maximum absolute atomic E-state index is 11.5. The van der Waals surface area contributed by atoms with Gasteiger partial charge in [-0.2, -0.15) is 5.26 Å². The minimum Gasteiger partial charge on any atom is -0.303 e. The fraction of sp³-hybridized carbons (Fsp3) is 0.182. The molecule has 1 amide bonds. The van der Waals surface area contributed by atoms with Crippen LogP contribution in [0.2, 0.25) is 0 Å². The molecule has 5 heteroatoms. The Bertz CT molecular complexity index is 519. The SMILES string of the molecule is N#Cc1cccc(N2CC(=O)CC2=O)c1Br. The van der Waals surface area contributed by atoms with Crippen molar-refractivity contribution in [2.75, 3.05) is 11.4 Å². The van der Waals surface area contributed by atoms with E-state index in [0.717, 1.165) is 0 Å². The molecule has 80 valence electrons. The first kappa shape index (κ1) is 10.8. The average Bonchev–Trinajstić information content (AvgIpc) is 2.58. The fourth-order valence-corrected chi connectivity index (χ4v) is 2.19. The van der Waals surface area contributed by atoms with Crippen LogP contribution in [0.5, 0.6) is 0 Å². The zero-order valence-corrected chi connectivity index (χ0v) is 9.82. The molecule has 4 nitrogen and oxygen atoms in total. The summed E-state index contributed by atoms with van der Waals surface area (Å²) in [4.78, 5) is 24.1. The maximum atomic E-state index is 11.5. The van der Waals surface area contributed by atoms with E-state index in [-0.39, 0.29) is 24.7 Å². The number of ketones is 1. The van der Waals surface area contributed by atoms with Crippen molar-refractivity contribution in [3.8, 4) is 6.07 Å². The van der Waals surface area contributed by atoms with Crippen LogP contribution in [-0.4, -0.2) is 18.2 Å². The third kappa shape index (κ3) is 1.72. The number of rotatable bonds is 1. The van der Waals surface area contributed by atoms with E-state index < -0.39 is 0 Å². The number of carbonyl (C=O) groups is 2. The van der Waals surface area contributed by atoms with Crippen molar-refractivity contribution in [2.24, 2.45) is 0 Å². The molecular formula is C11H7BrN2O2. The van der Waals surface area contributed by atoms with Crippen molar-refractivity contribution in [3.63, 3.8) is 0 Å². The van der Waals surface area contributed by atoms with Gasteiger partial charge >= 0.3 is 0 Å². The summed E-state index contributed by atoms with van der Waals surface area (Å²) in [6.07, 6.45) is -0.0524. The molecule has 1 aromatic rings. The monoisotopic (exact) mass is 278 g/mol. The summed E-state index contributed by atoms with van der Waals surface area (Å²) in [5.41, 5.74) is 1.03. The Balaban J connectivity index is 2.46. The first-order valence-electron chi connectivity index (χ1n) is 4.64. The Hall–Kier alpha value is -1.67. The summed E-state index contributed by atoms with van der Waals surface area (Å²) in [6, 6.07) is 7.06. The Morgan fingerprint density at radius 3 is 2.69 bits per heavy atom. The number of hydrogen-bond acceptors (Lipinski definition) is 3. The Morgan fingerprint density at radius 1 is 1.38 bits per heavy atom. The van der Waals surface area contributed by atoms with Gasteiger partial charge < -0.3 is 4.90 Å². The minimum absolute atomic E-state index is 0.0524. The first-order valence-corrected chi connectivity index (χ1v) is 5.43. The quantitative estimate of drug-likeness (QED) is 0.734. The fourth-order valence-electron chi connectivity index (χ4n) is 1.62. The molecule has 16 heavy (non-hydrogen) atoms. The second-order valence-electron chi connectivity index (χ2n) is 3.45. The molecule has 1 fully saturated rings. The Kier molecular flexibility index (Phi) is 2.75.